The monoisotopic (exact) mass is 484 g/mol. The summed E-state index contributed by atoms with van der Waals surface area (Å²) < 4.78 is 5.44. The number of imidazole rings is 1. The molecule has 1 aromatic carbocycles. The van der Waals surface area contributed by atoms with Crippen molar-refractivity contribution in [2.75, 3.05) is 38.3 Å². The number of hydrogen-bond acceptors (Lipinski definition) is 5. The van der Waals surface area contributed by atoms with E-state index in [-0.39, 0.29) is 22.9 Å². The van der Waals surface area contributed by atoms with Crippen LogP contribution in [0.15, 0.2) is 12.1 Å². The molecule has 6 N–H and O–H groups in total. The third-order valence-corrected chi connectivity index (χ3v) is 8.19. The van der Waals surface area contributed by atoms with Gasteiger partial charge in [0.15, 0.2) is 5.82 Å². The SMILES string of the molecule is Cc1cc2[nH]c(-c3n[nH]c4c3C[C@@H]3C[C@]3(C)C4)nc2cc1N(C)C(=O)[C@H](C)N1CCOCC1.O.O. The number of carbonyl (C=O) groups is 1. The normalized spacial score (nSPS) is 24.1. The van der Waals surface area contributed by atoms with Gasteiger partial charge in [0.05, 0.1) is 30.3 Å². The Morgan fingerprint density at radius 2 is 2.03 bits per heavy atom. The number of aromatic nitrogens is 4. The van der Waals surface area contributed by atoms with E-state index in [0.29, 0.717) is 18.6 Å². The van der Waals surface area contributed by atoms with Gasteiger partial charge in [0.2, 0.25) is 5.91 Å². The minimum Gasteiger partial charge on any atom is -0.412 e. The van der Waals surface area contributed by atoms with Crippen LogP contribution in [0, 0.1) is 18.3 Å². The molecule has 0 bridgehead atoms. The minimum absolute atomic E-state index is 0. The number of aryl methyl sites for hydroxylation is 1. The first kappa shape index (κ1) is 25.3. The summed E-state index contributed by atoms with van der Waals surface area (Å²) in [5.41, 5.74) is 7.75. The van der Waals surface area contributed by atoms with Gasteiger partial charge in [0.25, 0.3) is 0 Å². The third kappa shape index (κ3) is 4.14. The Kier molecular flexibility index (Phi) is 6.52. The van der Waals surface area contributed by atoms with Crippen LogP contribution in [0.1, 0.15) is 37.1 Å². The predicted molar refractivity (Wildman–Crippen MR) is 135 cm³/mol. The van der Waals surface area contributed by atoms with Crippen LogP contribution in [-0.4, -0.2) is 81.3 Å². The van der Waals surface area contributed by atoms with Crippen molar-refractivity contribution in [2.24, 2.45) is 11.3 Å². The second kappa shape index (κ2) is 9.02. The molecule has 0 unspecified atom stereocenters. The number of nitrogens with one attached hydrogen (secondary N) is 2. The van der Waals surface area contributed by atoms with Crippen LogP contribution in [0.5, 0.6) is 0 Å². The summed E-state index contributed by atoms with van der Waals surface area (Å²) in [7, 11) is 1.86. The topological polar surface area (TPSA) is 153 Å². The molecule has 1 amide bonds. The zero-order chi connectivity index (χ0) is 22.9. The number of morpholine rings is 1. The lowest BCUT2D eigenvalue weighted by atomic mass is 9.88. The second-order valence-electron chi connectivity index (χ2n) is 10.4. The highest BCUT2D eigenvalue weighted by atomic mass is 16.5. The summed E-state index contributed by atoms with van der Waals surface area (Å²) in [4.78, 5) is 25.6. The Bertz CT molecular complexity index is 1250. The summed E-state index contributed by atoms with van der Waals surface area (Å²) in [6.45, 7) is 9.34. The molecule has 3 aliphatic rings. The summed E-state index contributed by atoms with van der Waals surface area (Å²) in [6, 6.07) is 3.92. The molecule has 1 saturated heterocycles. The lowest BCUT2D eigenvalue weighted by Gasteiger charge is -2.33. The van der Waals surface area contributed by atoms with Crippen LogP contribution in [0.25, 0.3) is 22.6 Å². The molecule has 10 nitrogen and oxygen atoms in total. The Morgan fingerprint density at radius 1 is 1.29 bits per heavy atom. The number of likely N-dealkylation sites (N-methyl/N-ethyl adjacent to an activating group) is 1. The highest BCUT2D eigenvalue weighted by molar-refractivity contribution is 5.99. The van der Waals surface area contributed by atoms with E-state index in [2.05, 4.69) is 33.1 Å². The van der Waals surface area contributed by atoms with E-state index in [1.165, 1.54) is 17.7 Å². The zero-order valence-electron chi connectivity index (χ0n) is 20.9. The van der Waals surface area contributed by atoms with Gasteiger partial charge in [0, 0.05) is 37.1 Å². The number of amides is 1. The first-order valence-electron chi connectivity index (χ1n) is 12.0. The first-order chi connectivity index (χ1) is 15.8. The molecule has 3 heterocycles. The van der Waals surface area contributed by atoms with Crippen LogP contribution >= 0.6 is 0 Å². The molecule has 1 saturated carbocycles. The summed E-state index contributed by atoms with van der Waals surface area (Å²) >= 11 is 0. The summed E-state index contributed by atoms with van der Waals surface area (Å²) in [5, 5.41) is 7.91. The van der Waals surface area contributed by atoms with Gasteiger partial charge in [-0.1, -0.05) is 6.92 Å². The van der Waals surface area contributed by atoms with Crippen LogP contribution in [0.3, 0.4) is 0 Å². The van der Waals surface area contributed by atoms with Crippen LogP contribution in [-0.2, 0) is 22.4 Å². The van der Waals surface area contributed by atoms with Gasteiger partial charge in [0.1, 0.15) is 5.69 Å². The van der Waals surface area contributed by atoms with Crippen molar-refractivity contribution in [1.29, 1.82) is 0 Å². The highest BCUT2D eigenvalue weighted by Crippen LogP contribution is 2.59. The van der Waals surface area contributed by atoms with Gasteiger partial charge in [-0.3, -0.25) is 14.8 Å². The fourth-order valence-corrected chi connectivity index (χ4v) is 5.80. The van der Waals surface area contributed by atoms with Gasteiger partial charge >= 0.3 is 0 Å². The number of hydrogen-bond donors (Lipinski definition) is 2. The Morgan fingerprint density at radius 3 is 2.77 bits per heavy atom. The minimum atomic E-state index is -0.188. The number of rotatable bonds is 4. The van der Waals surface area contributed by atoms with Crippen molar-refractivity contribution in [3.8, 4) is 11.5 Å². The average molecular weight is 485 g/mol. The molecule has 3 atom stereocenters. The lowest BCUT2D eigenvalue weighted by molar-refractivity contribution is -0.124. The van der Waals surface area contributed by atoms with E-state index in [1.54, 1.807) is 4.90 Å². The molecular weight excluding hydrogens is 448 g/mol. The predicted octanol–water partition coefficient (Wildman–Crippen LogP) is 1.42. The number of fused-ring (bicyclic) bond motifs is 3. The maximum absolute atomic E-state index is 13.2. The van der Waals surface area contributed by atoms with E-state index >= 15 is 0 Å². The molecule has 0 spiro atoms. The van der Waals surface area contributed by atoms with E-state index in [0.717, 1.165) is 65.7 Å². The lowest BCUT2D eigenvalue weighted by Crippen LogP contribution is -2.50. The maximum Gasteiger partial charge on any atom is 0.243 e. The van der Waals surface area contributed by atoms with Crippen LogP contribution in [0.2, 0.25) is 0 Å². The molecule has 35 heavy (non-hydrogen) atoms. The van der Waals surface area contributed by atoms with E-state index in [4.69, 9.17) is 9.72 Å². The van der Waals surface area contributed by atoms with Crippen molar-refractivity contribution < 1.29 is 20.5 Å². The Balaban J connectivity index is 0.00000144. The molecule has 10 heteroatoms. The second-order valence-corrected chi connectivity index (χ2v) is 10.4. The van der Waals surface area contributed by atoms with Gasteiger partial charge in [-0.25, -0.2) is 4.98 Å². The smallest absolute Gasteiger partial charge is 0.243 e. The zero-order valence-corrected chi connectivity index (χ0v) is 20.9. The number of H-pyrrole nitrogens is 2. The molecule has 0 radical (unpaired) electrons. The maximum atomic E-state index is 13.2. The van der Waals surface area contributed by atoms with Crippen molar-refractivity contribution in [3.63, 3.8) is 0 Å². The number of benzene rings is 1. The molecule has 2 aromatic heterocycles. The number of ether oxygens (including phenoxy) is 1. The molecular formula is C25H36N6O4. The van der Waals surface area contributed by atoms with Crippen molar-refractivity contribution >= 4 is 22.6 Å². The molecule has 2 aliphatic carbocycles. The van der Waals surface area contributed by atoms with Gasteiger partial charge in [-0.2, -0.15) is 5.10 Å². The third-order valence-electron chi connectivity index (χ3n) is 8.19. The number of carbonyl (C=O) groups excluding carboxylic acids is 1. The van der Waals surface area contributed by atoms with Crippen molar-refractivity contribution in [1.82, 2.24) is 25.1 Å². The standard InChI is InChI=1S/C25H32N6O2.2H2O/c1-14-9-18-19(11-21(14)30(4)24(32)15(2)31-5-7-33-8-6-31)27-23(26-18)22-17-10-16-12-25(16,3)13-20(17)28-29-22;;/h9,11,15-16H,5-8,10,12-13H2,1-4H3,(H,26,27)(H,28,29);2*1H2/t15-,16+,25+;;/m0../s1. The van der Waals surface area contributed by atoms with Crippen LogP contribution < -0.4 is 4.90 Å². The first-order valence-corrected chi connectivity index (χ1v) is 12.0. The highest BCUT2D eigenvalue weighted by Gasteiger charge is 2.53. The largest absolute Gasteiger partial charge is 0.412 e. The number of aromatic amines is 2. The fourth-order valence-electron chi connectivity index (χ4n) is 5.80. The number of nitrogens with zero attached hydrogens (tertiary/aromatic N) is 4. The average Bonchev–Trinajstić information content (AvgIpc) is 3.10. The van der Waals surface area contributed by atoms with Crippen molar-refractivity contribution in [2.45, 2.75) is 46.1 Å². The van der Waals surface area contributed by atoms with Gasteiger partial charge < -0.3 is 25.6 Å². The molecule has 1 aliphatic heterocycles. The van der Waals surface area contributed by atoms with Gasteiger partial charge in [-0.05, 0) is 62.1 Å². The molecule has 3 aromatic rings. The van der Waals surface area contributed by atoms with E-state index in [1.807, 2.05) is 27.0 Å². The van der Waals surface area contributed by atoms with E-state index in [9.17, 15) is 4.79 Å². The molecule has 190 valence electrons. The quantitative estimate of drug-likeness (QED) is 0.573. The molecule has 6 rings (SSSR count). The number of anilines is 1. The van der Waals surface area contributed by atoms with Crippen molar-refractivity contribution in [3.05, 3.63) is 29.0 Å². The van der Waals surface area contributed by atoms with Crippen LogP contribution in [0.4, 0.5) is 5.69 Å². The van der Waals surface area contributed by atoms with E-state index < -0.39 is 0 Å². The molecule has 2 fully saturated rings. The van der Waals surface area contributed by atoms with Gasteiger partial charge in [-0.15, -0.1) is 0 Å². The Labute approximate surface area is 204 Å². The Hall–Kier alpha value is -2.79. The summed E-state index contributed by atoms with van der Waals surface area (Å²) in [5.74, 6) is 1.66. The summed E-state index contributed by atoms with van der Waals surface area (Å²) in [6.07, 6.45) is 3.47. The fraction of sp³-hybridized carbons (Fsp3) is 0.560.